The van der Waals surface area contributed by atoms with Crippen LogP contribution >= 0.6 is 47.8 Å². The van der Waals surface area contributed by atoms with Crippen LogP contribution in [0, 0.1) is 0 Å². The molecule has 3 aromatic carbocycles. The molecule has 0 atom stereocenters. The van der Waals surface area contributed by atoms with E-state index in [0.29, 0.717) is 5.69 Å². The maximum Gasteiger partial charge on any atom is 0.354 e. The Morgan fingerprint density at radius 1 is 0.842 bits per heavy atom. The summed E-state index contributed by atoms with van der Waals surface area (Å²) < 4.78 is 11.9. The second-order valence-corrected chi connectivity index (χ2v) is 9.85. The summed E-state index contributed by atoms with van der Waals surface area (Å²) in [5, 5.41) is 4.87. The van der Waals surface area contributed by atoms with E-state index in [0.717, 1.165) is 35.7 Å². The van der Waals surface area contributed by atoms with E-state index in [1.165, 1.54) is 14.2 Å². The molecule has 0 unspecified atom stereocenters. The van der Waals surface area contributed by atoms with Gasteiger partial charge in [-0.05, 0) is 91.1 Å². The molecule has 0 amide bonds. The van der Waals surface area contributed by atoms with Crippen LogP contribution in [0.4, 0.5) is 11.4 Å². The van der Waals surface area contributed by atoms with Crippen molar-refractivity contribution in [2.75, 3.05) is 25.1 Å². The molecule has 0 aliphatic heterocycles. The normalized spacial score (nSPS) is 10.3. The number of methoxy groups -OCH3 is 2. The number of nitrogens with two attached hydrogens (primary N) is 1. The number of para-hydroxylation sites is 3. The highest BCUT2D eigenvalue weighted by Gasteiger charge is 2.10. The second-order valence-electron chi connectivity index (χ2n) is 7.28. The Morgan fingerprint density at radius 3 is 1.92 bits per heavy atom. The van der Waals surface area contributed by atoms with Crippen molar-refractivity contribution in [2.45, 2.75) is 6.92 Å². The number of fused-ring (bicyclic) bond motifs is 1. The van der Waals surface area contributed by atoms with E-state index in [1.54, 1.807) is 13.0 Å². The Labute approximate surface area is 245 Å². The van der Waals surface area contributed by atoms with E-state index in [-0.39, 0.29) is 11.7 Å². The van der Waals surface area contributed by atoms with Crippen LogP contribution in [0.1, 0.15) is 17.4 Å². The number of carbonyl (C=O) groups excluding carboxylic acids is 2. The van der Waals surface area contributed by atoms with E-state index in [4.69, 9.17) is 5.84 Å². The van der Waals surface area contributed by atoms with E-state index < -0.39 is 5.97 Å². The first-order valence-corrected chi connectivity index (χ1v) is 13.3. The van der Waals surface area contributed by atoms with Gasteiger partial charge in [0, 0.05) is 18.8 Å². The van der Waals surface area contributed by atoms with Crippen LogP contribution in [0.3, 0.4) is 0 Å². The lowest BCUT2D eigenvalue weighted by Gasteiger charge is -2.03. The van der Waals surface area contributed by atoms with Crippen LogP contribution in [0.25, 0.3) is 10.9 Å². The molecule has 1 aromatic heterocycles. The number of aromatic amines is 1. The molecule has 0 saturated carbocycles. The van der Waals surface area contributed by atoms with Crippen molar-refractivity contribution in [3.63, 3.8) is 0 Å². The number of rotatable bonds is 5. The third-order valence-corrected chi connectivity index (χ3v) is 6.78. The molecule has 9 nitrogen and oxygen atoms in total. The Balaban J connectivity index is 0.000000206. The van der Waals surface area contributed by atoms with Crippen molar-refractivity contribution in [1.29, 1.82) is 0 Å². The van der Waals surface area contributed by atoms with Crippen LogP contribution in [-0.4, -0.2) is 36.9 Å². The van der Waals surface area contributed by atoms with Crippen LogP contribution in [0.15, 0.2) is 91.3 Å². The number of ether oxygens (including phenoxy) is 2. The molecule has 12 heteroatoms. The molecule has 5 N–H and O–H groups in total. The third kappa shape index (κ3) is 9.28. The van der Waals surface area contributed by atoms with Crippen LogP contribution in [-0.2, 0) is 14.3 Å². The summed E-state index contributed by atoms with van der Waals surface area (Å²) in [4.78, 5) is 25.2. The highest BCUT2D eigenvalue weighted by atomic mass is 79.9. The molecular weight excluding hydrogens is 686 g/mol. The summed E-state index contributed by atoms with van der Waals surface area (Å²) in [5.41, 5.74) is 8.66. The van der Waals surface area contributed by atoms with Gasteiger partial charge < -0.3 is 19.9 Å². The number of halogens is 3. The molecule has 38 heavy (non-hydrogen) atoms. The Kier molecular flexibility index (Phi) is 13.0. The fourth-order valence-electron chi connectivity index (χ4n) is 2.81. The van der Waals surface area contributed by atoms with Gasteiger partial charge in [0.05, 0.1) is 31.1 Å². The van der Waals surface area contributed by atoms with E-state index in [1.807, 2.05) is 66.7 Å². The molecule has 0 spiro atoms. The fourth-order valence-corrected chi connectivity index (χ4v) is 4.06. The molecule has 0 aliphatic rings. The number of aromatic nitrogens is 1. The topological polar surface area (TPSA) is 131 Å². The van der Waals surface area contributed by atoms with Gasteiger partial charge in [0.2, 0.25) is 0 Å². The monoisotopic (exact) mass is 709 g/mol. The zero-order valence-electron chi connectivity index (χ0n) is 20.7. The molecule has 4 rings (SSSR count). The van der Waals surface area contributed by atoms with Crippen molar-refractivity contribution >= 4 is 87.7 Å². The number of hydrazone groups is 1. The smallest absolute Gasteiger partial charge is 0.354 e. The maximum absolute atomic E-state index is 11.2. The number of hydrazine groups is 1. The zero-order valence-corrected chi connectivity index (χ0v) is 25.5. The molecule has 0 bridgehead atoms. The minimum atomic E-state index is -0.449. The summed E-state index contributed by atoms with van der Waals surface area (Å²) in [5.74, 6) is 4.37. The molecule has 0 saturated heterocycles. The Morgan fingerprint density at radius 2 is 1.42 bits per heavy atom. The Bertz CT molecular complexity index is 1410. The number of nitrogens with one attached hydrogen (secondary N) is 3. The average molecular weight is 712 g/mol. The van der Waals surface area contributed by atoms with Gasteiger partial charge in [-0.25, -0.2) is 9.59 Å². The zero-order chi connectivity index (χ0) is 28.1. The lowest BCUT2D eigenvalue weighted by atomic mass is 10.2. The largest absolute Gasteiger partial charge is 0.464 e. The highest BCUT2D eigenvalue weighted by molar-refractivity contribution is 9.11. The van der Waals surface area contributed by atoms with Crippen LogP contribution in [0.2, 0.25) is 0 Å². The number of anilines is 2. The average Bonchev–Trinajstić information content (AvgIpc) is 3.38. The molecule has 4 aromatic rings. The number of hydrogen-bond donors (Lipinski definition) is 4. The minimum absolute atomic E-state index is 0.272. The van der Waals surface area contributed by atoms with Gasteiger partial charge in [-0.1, -0.05) is 36.4 Å². The highest BCUT2D eigenvalue weighted by Crippen LogP contribution is 2.24. The SMILES string of the molecule is COC(=O)/C(C)=N/Nc1ccccc1Br.COC(=O)c1cc2cccc(Br)c2[nH]1.NNc1ccccc1Br. The van der Waals surface area contributed by atoms with Gasteiger partial charge in [0.25, 0.3) is 0 Å². The number of benzene rings is 3. The van der Waals surface area contributed by atoms with Crippen LogP contribution in [0.5, 0.6) is 0 Å². The summed E-state index contributed by atoms with van der Waals surface area (Å²) in [6.45, 7) is 1.58. The van der Waals surface area contributed by atoms with Gasteiger partial charge in [0.15, 0.2) is 0 Å². The van der Waals surface area contributed by atoms with E-state index >= 15 is 0 Å². The van der Waals surface area contributed by atoms with Crippen molar-refractivity contribution in [1.82, 2.24) is 4.98 Å². The summed E-state index contributed by atoms with van der Waals surface area (Å²) >= 11 is 10.1. The number of nitrogen functional groups attached to an aromatic ring is 1. The molecule has 0 radical (unpaired) electrons. The molecule has 0 fully saturated rings. The van der Waals surface area contributed by atoms with Crippen molar-refractivity contribution in [3.05, 3.63) is 91.9 Å². The van der Waals surface area contributed by atoms with Gasteiger partial charge in [-0.2, -0.15) is 5.10 Å². The second kappa shape index (κ2) is 15.9. The lowest BCUT2D eigenvalue weighted by molar-refractivity contribution is -0.132. The molecule has 1 heterocycles. The molecule has 0 aliphatic carbocycles. The first-order chi connectivity index (χ1) is 18.2. The van der Waals surface area contributed by atoms with Crippen LogP contribution < -0.4 is 16.7 Å². The number of nitrogens with zero attached hydrogens (tertiary/aromatic N) is 1. The first-order valence-electron chi connectivity index (χ1n) is 10.9. The van der Waals surface area contributed by atoms with E-state index in [2.05, 4.69) is 78.2 Å². The van der Waals surface area contributed by atoms with Gasteiger partial charge >= 0.3 is 11.9 Å². The number of H-pyrrole nitrogens is 1. The lowest BCUT2D eigenvalue weighted by Crippen LogP contribution is -2.13. The number of esters is 2. The predicted molar refractivity (Wildman–Crippen MR) is 162 cm³/mol. The predicted octanol–water partition coefficient (Wildman–Crippen LogP) is 6.86. The standard InChI is InChI=1S/C10H11BrN2O2.C10H8BrNO2.C6H7BrN2/c1-7(10(14)15-2)12-13-9-6-4-3-5-8(9)11;1-14-10(13)8-5-6-3-2-4-7(11)9(6)12-8;7-5-3-1-2-4-6(5)9-8/h3-6,13H,1-2H3;2-5,12H,1H3;1-4,9H,8H2/b12-7+;;. The maximum atomic E-state index is 11.2. The van der Waals surface area contributed by atoms with Crippen molar-refractivity contribution in [2.24, 2.45) is 10.9 Å². The summed E-state index contributed by atoms with van der Waals surface area (Å²) in [6, 6.07) is 22.7. The van der Waals surface area contributed by atoms with Crippen molar-refractivity contribution < 1.29 is 19.1 Å². The van der Waals surface area contributed by atoms with Crippen molar-refractivity contribution in [3.8, 4) is 0 Å². The van der Waals surface area contributed by atoms with Gasteiger partial charge in [-0.3, -0.25) is 11.3 Å². The third-order valence-electron chi connectivity index (χ3n) is 4.74. The Hall–Kier alpha value is -3.19. The minimum Gasteiger partial charge on any atom is -0.464 e. The fraction of sp³-hybridized carbons (Fsp3) is 0.115. The summed E-state index contributed by atoms with van der Waals surface area (Å²) in [7, 11) is 2.68. The van der Waals surface area contributed by atoms with Gasteiger partial charge in [-0.15, -0.1) is 0 Å². The number of carbonyl (C=O) groups is 2. The van der Waals surface area contributed by atoms with Gasteiger partial charge in [0.1, 0.15) is 11.4 Å². The first kappa shape index (κ1) is 31.0. The number of hydrogen-bond acceptors (Lipinski definition) is 8. The van der Waals surface area contributed by atoms with E-state index in [9.17, 15) is 9.59 Å². The quantitative estimate of drug-likeness (QED) is 0.0770. The molecule has 200 valence electrons. The summed E-state index contributed by atoms with van der Waals surface area (Å²) in [6.07, 6.45) is 0. The molecular formula is C26H26Br3N5O4.